The van der Waals surface area contributed by atoms with E-state index in [1.54, 1.807) is 0 Å². The maximum atomic E-state index is 3.45. The molecule has 0 saturated carbocycles. The highest BCUT2D eigenvalue weighted by Crippen LogP contribution is 2.25. The van der Waals surface area contributed by atoms with Crippen LogP contribution in [0.4, 0.5) is 0 Å². The van der Waals surface area contributed by atoms with E-state index in [-0.39, 0.29) is 24.8 Å². The molecule has 16 heavy (non-hydrogen) atoms. The van der Waals surface area contributed by atoms with E-state index in [1.807, 2.05) is 0 Å². The minimum Gasteiger partial charge on any atom is -0.317 e. The molecule has 0 aromatic heterocycles. The quantitative estimate of drug-likeness (QED) is 0.787. The van der Waals surface area contributed by atoms with Crippen LogP contribution in [-0.4, -0.2) is 37.1 Å². The molecular weight excluding hydrogens is 243 g/mol. The van der Waals surface area contributed by atoms with Crippen molar-refractivity contribution < 1.29 is 0 Å². The van der Waals surface area contributed by atoms with Crippen LogP contribution < -0.4 is 5.32 Å². The molecule has 0 bridgehead atoms. The monoisotopic (exact) mass is 268 g/mol. The van der Waals surface area contributed by atoms with Crippen LogP contribution in [0.3, 0.4) is 0 Å². The van der Waals surface area contributed by atoms with Gasteiger partial charge < -0.3 is 5.32 Å². The van der Waals surface area contributed by atoms with Gasteiger partial charge >= 0.3 is 0 Å². The molecule has 0 aromatic carbocycles. The lowest BCUT2D eigenvalue weighted by molar-refractivity contribution is 0.0793. The molecule has 0 aromatic rings. The van der Waals surface area contributed by atoms with E-state index in [9.17, 15) is 0 Å². The summed E-state index contributed by atoms with van der Waals surface area (Å²) in [7, 11) is 0. The molecule has 2 atom stereocenters. The van der Waals surface area contributed by atoms with Crippen LogP contribution in [0.1, 0.15) is 33.1 Å². The van der Waals surface area contributed by atoms with Gasteiger partial charge in [-0.25, -0.2) is 0 Å². The minimum absolute atomic E-state index is 0. The third-order valence-electron chi connectivity index (χ3n) is 3.72. The van der Waals surface area contributed by atoms with Gasteiger partial charge in [0.05, 0.1) is 0 Å². The highest BCUT2D eigenvalue weighted by atomic mass is 35.5. The van der Waals surface area contributed by atoms with E-state index >= 15 is 0 Å². The number of nitrogens with one attached hydrogen (secondary N) is 1. The zero-order chi connectivity index (χ0) is 9.97. The number of likely N-dealkylation sites (tertiary alicyclic amines) is 1. The standard InChI is InChI=1S/C12H24N2.2ClH/c1-10-7-11(2)9-14(8-10)12-3-5-13-6-4-12;;/h10-13H,3-9H2,1-2H3;2*1H. The van der Waals surface area contributed by atoms with Crippen LogP contribution in [0, 0.1) is 11.8 Å². The molecule has 0 amide bonds. The number of hydrogen-bond acceptors (Lipinski definition) is 2. The topological polar surface area (TPSA) is 15.3 Å². The Morgan fingerprint density at radius 3 is 1.94 bits per heavy atom. The van der Waals surface area contributed by atoms with Crippen molar-refractivity contribution in [2.75, 3.05) is 26.2 Å². The maximum Gasteiger partial charge on any atom is 0.0120 e. The Kier molecular flexibility index (Phi) is 8.00. The molecule has 2 rings (SSSR count). The van der Waals surface area contributed by atoms with Crippen molar-refractivity contribution in [1.29, 1.82) is 0 Å². The van der Waals surface area contributed by atoms with Crippen molar-refractivity contribution in [2.24, 2.45) is 11.8 Å². The molecule has 4 heteroatoms. The lowest BCUT2D eigenvalue weighted by atomic mass is 9.89. The van der Waals surface area contributed by atoms with Crippen molar-refractivity contribution in [3.05, 3.63) is 0 Å². The van der Waals surface area contributed by atoms with Gasteiger partial charge in [-0.05, 0) is 44.2 Å². The van der Waals surface area contributed by atoms with Crippen molar-refractivity contribution in [2.45, 2.75) is 39.2 Å². The van der Waals surface area contributed by atoms with Crippen LogP contribution in [-0.2, 0) is 0 Å². The second-order valence-corrected chi connectivity index (χ2v) is 5.38. The zero-order valence-electron chi connectivity index (χ0n) is 10.4. The summed E-state index contributed by atoms with van der Waals surface area (Å²) >= 11 is 0. The minimum atomic E-state index is 0. The fraction of sp³-hybridized carbons (Fsp3) is 1.00. The number of halogens is 2. The lowest BCUT2D eigenvalue weighted by Gasteiger charge is -2.41. The van der Waals surface area contributed by atoms with Gasteiger partial charge in [-0.15, -0.1) is 24.8 Å². The molecule has 0 spiro atoms. The van der Waals surface area contributed by atoms with Crippen LogP contribution >= 0.6 is 24.8 Å². The average Bonchev–Trinajstić information content (AvgIpc) is 2.18. The first-order chi connectivity index (χ1) is 6.75. The van der Waals surface area contributed by atoms with E-state index in [2.05, 4.69) is 24.1 Å². The largest absolute Gasteiger partial charge is 0.317 e. The van der Waals surface area contributed by atoms with E-state index in [0.29, 0.717) is 0 Å². The molecule has 0 radical (unpaired) electrons. The third kappa shape index (κ3) is 4.40. The highest BCUT2D eigenvalue weighted by Gasteiger charge is 2.27. The van der Waals surface area contributed by atoms with Gasteiger partial charge in [0.15, 0.2) is 0 Å². The van der Waals surface area contributed by atoms with Crippen LogP contribution in [0.5, 0.6) is 0 Å². The summed E-state index contributed by atoms with van der Waals surface area (Å²) in [6, 6.07) is 0.876. The van der Waals surface area contributed by atoms with Gasteiger partial charge in [0, 0.05) is 19.1 Å². The molecule has 2 nitrogen and oxygen atoms in total. The van der Waals surface area contributed by atoms with Gasteiger partial charge in [0.2, 0.25) is 0 Å². The average molecular weight is 269 g/mol. The number of rotatable bonds is 1. The first-order valence-electron chi connectivity index (χ1n) is 6.20. The Bertz CT molecular complexity index is 174. The van der Waals surface area contributed by atoms with Crippen molar-refractivity contribution >= 4 is 24.8 Å². The number of nitrogens with zero attached hydrogens (tertiary/aromatic N) is 1. The summed E-state index contributed by atoms with van der Waals surface area (Å²) < 4.78 is 0. The Morgan fingerprint density at radius 1 is 0.938 bits per heavy atom. The molecule has 2 unspecified atom stereocenters. The van der Waals surface area contributed by atoms with Crippen LogP contribution in [0.15, 0.2) is 0 Å². The molecule has 0 aliphatic carbocycles. The fourth-order valence-corrected chi connectivity index (χ4v) is 3.18. The summed E-state index contributed by atoms with van der Waals surface area (Å²) in [6.45, 7) is 9.95. The third-order valence-corrected chi connectivity index (χ3v) is 3.72. The summed E-state index contributed by atoms with van der Waals surface area (Å²) in [5.74, 6) is 1.82. The van der Waals surface area contributed by atoms with Crippen LogP contribution in [0.25, 0.3) is 0 Å². The predicted molar refractivity (Wildman–Crippen MR) is 74.9 cm³/mol. The van der Waals surface area contributed by atoms with Crippen molar-refractivity contribution in [1.82, 2.24) is 10.2 Å². The molecule has 2 aliphatic heterocycles. The van der Waals surface area contributed by atoms with Gasteiger partial charge in [-0.1, -0.05) is 13.8 Å². The fourth-order valence-electron chi connectivity index (χ4n) is 3.18. The normalized spacial score (nSPS) is 32.6. The summed E-state index contributed by atoms with van der Waals surface area (Å²) in [5.41, 5.74) is 0. The van der Waals surface area contributed by atoms with Gasteiger partial charge in [0.1, 0.15) is 0 Å². The molecule has 2 saturated heterocycles. The van der Waals surface area contributed by atoms with Gasteiger partial charge in [0.25, 0.3) is 0 Å². The molecule has 2 aliphatic rings. The van der Waals surface area contributed by atoms with E-state index in [4.69, 9.17) is 0 Å². The van der Waals surface area contributed by atoms with Crippen LogP contribution in [0.2, 0.25) is 0 Å². The second-order valence-electron chi connectivity index (χ2n) is 5.38. The Balaban J connectivity index is 0.00000112. The van der Waals surface area contributed by atoms with Crippen molar-refractivity contribution in [3.63, 3.8) is 0 Å². The first kappa shape index (κ1) is 16.5. The molecule has 98 valence electrons. The van der Waals surface area contributed by atoms with Gasteiger partial charge in [-0.2, -0.15) is 0 Å². The Labute approximate surface area is 112 Å². The summed E-state index contributed by atoms with van der Waals surface area (Å²) in [6.07, 6.45) is 4.15. The smallest absolute Gasteiger partial charge is 0.0120 e. The van der Waals surface area contributed by atoms with E-state index in [0.717, 1.165) is 17.9 Å². The molecule has 2 heterocycles. The Morgan fingerprint density at radius 2 is 1.44 bits per heavy atom. The maximum absolute atomic E-state index is 3.45. The number of piperidine rings is 2. The SMILES string of the molecule is CC1CC(C)CN(C2CCNCC2)C1.Cl.Cl. The second kappa shape index (κ2) is 7.75. The summed E-state index contributed by atoms with van der Waals surface area (Å²) in [4.78, 5) is 2.75. The van der Waals surface area contributed by atoms with E-state index < -0.39 is 0 Å². The molecule has 2 fully saturated rings. The van der Waals surface area contributed by atoms with Gasteiger partial charge in [-0.3, -0.25) is 4.90 Å². The lowest BCUT2D eigenvalue weighted by Crippen LogP contribution is -2.49. The first-order valence-corrected chi connectivity index (χ1v) is 6.20. The molecular formula is C12H26Cl2N2. The van der Waals surface area contributed by atoms with E-state index in [1.165, 1.54) is 45.4 Å². The highest BCUT2D eigenvalue weighted by molar-refractivity contribution is 5.85. The Hall–Kier alpha value is 0.500. The number of hydrogen-bond donors (Lipinski definition) is 1. The zero-order valence-corrected chi connectivity index (χ0v) is 12.1. The van der Waals surface area contributed by atoms with Crippen molar-refractivity contribution in [3.8, 4) is 0 Å². The molecule has 1 N–H and O–H groups in total. The predicted octanol–water partition coefficient (Wildman–Crippen LogP) is 2.56. The summed E-state index contributed by atoms with van der Waals surface area (Å²) in [5, 5.41) is 3.45.